The van der Waals surface area contributed by atoms with E-state index in [1.165, 1.54) is 0 Å². The maximum atomic E-state index is 11.4. The zero-order valence-corrected chi connectivity index (χ0v) is 19.4. The van der Waals surface area contributed by atoms with Crippen LogP contribution in [0.15, 0.2) is 0 Å². The highest BCUT2D eigenvalue weighted by molar-refractivity contribution is 9.70. The van der Waals surface area contributed by atoms with Crippen molar-refractivity contribution in [1.29, 1.82) is 0 Å². The highest BCUT2D eigenvalue weighted by atomic mass is 79.9. The molecular weight excluding hydrogens is 665 g/mol. The van der Waals surface area contributed by atoms with Gasteiger partial charge in [0.05, 0.1) is 13.2 Å². The van der Waals surface area contributed by atoms with E-state index in [1.54, 1.807) is 0 Å². The first-order valence-corrected chi connectivity index (χ1v) is 17.5. The molecule has 0 fully saturated rings. The van der Waals surface area contributed by atoms with E-state index >= 15 is 0 Å². The Morgan fingerprint density at radius 1 is 0.824 bits per heavy atom. The molecule has 0 saturated carbocycles. The Kier molecular flexibility index (Phi) is 10.3. The summed E-state index contributed by atoms with van der Waals surface area (Å²) in [4.78, 5) is 0. The molecule has 0 heterocycles. The lowest BCUT2D eigenvalue weighted by atomic mass is 9.97. The maximum Gasteiger partial charge on any atom is 0.328 e. The van der Waals surface area contributed by atoms with Gasteiger partial charge in [0, 0.05) is 78.0 Å². The van der Waals surface area contributed by atoms with Gasteiger partial charge in [-0.3, -0.25) is 9.13 Å². The Labute approximate surface area is 149 Å². The fourth-order valence-corrected chi connectivity index (χ4v) is 4.31. The number of hydrogen-bond donors (Lipinski definition) is 0. The second-order valence-corrected chi connectivity index (χ2v) is 23.4. The number of hydrogen-bond acceptors (Lipinski definition) is 4. The highest BCUT2D eigenvalue weighted by Gasteiger charge is 2.33. The average Bonchev–Trinajstić information content (AvgIpc) is 2.16. The maximum absolute atomic E-state index is 11.4. The molecule has 0 bridgehead atoms. The summed E-state index contributed by atoms with van der Waals surface area (Å²) in [5.74, 6) is 0. The third kappa shape index (κ3) is 10.6. The van der Waals surface area contributed by atoms with Crippen LogP contribution < -0.4 is 0 Å². The molecule has 0 amide bonds. The van der Waals surface area contributed by atoms with Crippen molar-refractivity contribution in [3.63, 3.8) is 0 Å². The fraction of sp³-hybridized carbons (Fsp3) is 1.00. The lowest BCUT2D eigenvalue weighted by molar-refractivity contribution is 0.134. The minimum absolute atomic E-state index is 0.164. The number of alkyl halides is 2. The van der Waals surface area contributed by atoms with E-state index in [-0.39, 0.29) is 13.2 Å². The van der Waals surface area contributed by atoms with E-state index in [2.05, 4.69) is 93.8 Å². The minimum atomic E-state index is -2.92. The molecule has 0 spiro atoms. The van der Waals surface area contributed by atoms with Crippen molar-refractivity contribution < 1.29 is 18.2 Å². The third-order valence-corrected chi connectivity index (χ3v) is 7.30. The van der Waals surface area contributed by atoms with Gasteiger partial charge in [-0.25, -0.2) is 0 Å². The van der Waals surface area contributed by atoms with Crippen molar-refractivity contribution in [2.24, 2.45) is 5.41 Å². The second-order valence-electron chi connectivity index (χ2n) is 3.14. The fourth-order valence-electron chi connectivity index (χ4n) is 0.656. The average molecular weight is 673 g/mol. The molecule has 0 radical (unpaired) electrons. The summed E-state index contributed by atoms with van der Waals surface area (Å²) in [6.07, 6.45) is 0. The first kappa shape index (κ1) is 20.3. The normalized spacial score (nSPS) is 14.0. The van der Waals surface area contributed by atoms with E-state index in [0.29, 0.717) is 10.7 Å². The van der Waals surface area contributed by atoms with Gasteiger partial charge in [-0.15, -0.1) is 0 Å². The van der Waals surface area contributed by atoms with Crippen LogP contribution in [0, 0.1) is 5.41 Å². The minimum Gasteiger partial charge on any atom is -0.312 e. The Morgan fingerprint density at radius 3 is 1.29 bits per heavy atom. The molecule has 0 N–H and O–H groups in total. The first-order chi connectivity index (χ1) is 7.54. The lowest BCUT2D eigenvalue weighted by Crippen LogP contribution is -2.34. The lowest BCUT2D eigenvalue weighted by Gasteiger charge is -2.29. The van der Waals surface area contributed by atoms with Crippen molar-refractivity contribution >= 4 is 103 Å². The summed E-state index contributed by atoms with van der Waals surface area (Å²) < 4.78 is 27.2. The first-order valence-electron chi connectivity index (χ1n) is 3.93. The van der Waals surface area contributed by atoms with E-state index in [1.807, 2.05) is 0 Å². The van der Waals surface area contributed by atoms with Crippen LogP contribution in [0.25, 0.3) is 0 Å². The summed E-state index contributed by atoms with van der Waals surface area (Å²) >= 11 is 18.2. The molecule has 4 nitrogen and oxygen atoms in total. The molecule has 0 saturated heterocycles. The van der Waals surface area contributed by atoms with E-state index in [9.17, 15) is 9.13 Å². The zero-order valence-electron chi connectivity index (χ0n) is 8.12. The standard InChI is InChI=1S/C5H8Br6O4P2/c6-1-5(2-7,3-14-16(8,9)12)4-15-17(10,11)13/h1-4H2. The molecule has 0 aromatic rings. The van der Waals surface area contributed by atoms with Gasteiger partial charge in [-0.05, 0) is 0 Å². The van der Waals surface area contributed by atoms with Crippen LogP contribution in [0.3, 0.4) is 0 Å². The van der Waals surface area contributed by atoms with Gasteiger partial charge in [0.2, 0.25) is 0 Å². The molecule has 0 rings (SSSR count). The SMILES string of the molecule is O=P(Br)(Br)OCC(CBr)(CBr)COP(=O)(Br)Br. The van der Waals surface area contributed by atoms with Crippen molar-refractivity contribution in [1.82, 2.24) is 0 Å². The van der Waals surface area contributed by atoms with Crippen molar-refractivity contribution in [3.05, 3.63) is 0 Å². The summed E-state index contributed by atoms with van der Waals surface area (Å²) in [7, 11) is 0. The highest BCUT2D eigenvalue weighted by Crippen LogP contribution is 2.64. The van der Waals surface area contributed by atoms with Gasteiger partial charge >= 0.3 is 9.55 Å². The smallest absolute Gasteiger partial charge is 0.312 e. The number of rotatable bonds is 8. The van der Waals surface area contributed by atoms with E-state index < -0.39 is 15.0 Å². The molecule has 0 aliphatic carbocycles. The molecule has 0 unspecified atom stereocenters. The van der Waals surface area contributed by atoms with Crippen LogP contribution in [0.2, 0.25) is 0 Å². The van der Waals surface area contributed by atoms with Crippen LogP contribution in [0.1, 0.15) is 0 Å². The van der Waals surface area contributed by atoms with Gasteiger partial charge < -0.3 is 9.05 Å². The van der Waals surface area contributed by atoms with Crippen LogP contribution in [-0.4, -0.2) is 23.9 Å². The Hall–Kier alpha value is 3.26. The van der Waals surface area contributed by atoms with Crippen molar-refractivity contribution in [2.75, 3.05) is 23.9 Å². The van der Waals surface area contributed by atoms with Crippen LogP contribution in [0.5, 0.6) is 0 Å². The van der Waals surface area contributed by atoms with Crippen LogP contribution in [-0.2, 0) is 18.2 Å². The molecule has 0 aromatic carbocycles. The predicted octanol–water partition coefficient (Wildman–Crippen LogP) is 6.59. The molecule has 104 valence electrons. The van der Waals surface area contributed by atoms with E-state index in [0.717, 1.165) is 0 Å². The summed E-state index contributed by atoms with van der Waals surface area (Å²) in [5, 5.41) is 1.07. The molecule has 0 atom stereocenters. The largest absolute Gasteiger partial charge is 0.328 e. The molecule has 0 aliphatic rings. The van der Waals surface area contributed by atoms with Crippen LogP contribution >= 0.6 is 103 Å². The van der Waals surface area contributed by atoms with Gasteiger partial charge in [-0.1, -0.05) is 31.9 Å². The Balaban J connectivity index is 4.56. The third-order valence-electron chi connectivity index (χ3n) is 1.61. The predicted molar refractivity (Wildman–Crippen MR) is 92.8 cm³/mol. The molecule has 0 aliphatic heterocycles. The van der Waals surface area contributed by atoms with Gasteiger partial charge in [-0.2, -0.15) is 0 Å². The quantitative estimate of drug-likeness (QED) is 0.216. The summed E-state index contributed by atoms with van der Waals surface area (Å²) in [6.45, 7) is 0.328. The molecule has 17 heavy (non-hydrogen) atoms. The van der Waals surface area contributed by atoms with Crippen molar-refractivity contribution in [3.8, 4) is 0 Å². The van der Waals surface area contributed by atoms with Gasteiger partial charge in [0.15, 0.2) is 0 Å². The van der Waals surface area contributed by atoms with Crippen LogP contribution in [0.4, 0.5) is 0 Å². The Morgan fingerprint density at radius 2 is 1.12 bits per heavy atom. The molecular formula is C5H8Br6O4P2. The van der Waals surface area contributed by atoms with E-state index in [4.69, 9.17) is 9.05 Å². The summed E-state index contributed by atoms with van der Waals surface area (Å²) in [6, 6.07) is 0. The monoisotopic (exact) mass is 667 g/mol. The van der Waals surface area contributed by atoms with Gasteiger partial charge in [0.1, 0.15) is 0 Å². The summed E-state index contributed by atoms with van der Waals surface area (Å²) in [5.41, 5.74) is -0.478. The Bertz CT molecular complexity index is 294. The molecule has 12 heteroatoms. The topological polar surface area (TPSA) is 52.6 Å². The number of halogens is 6. The second kappa shape index (κ2) is 8.64. The van der Waals surface area contributed by atoms with Gasteiger partial charge in [0.25, 0.3) is 0 Å². The van der Waals surface area contributed by atoms with Crippen molar-refractivity contribution in [2.45, 2.75) is 0 Å². The molecule has 0 aromatic heterocycles. The zero-order chi connectivity index (χ0) is 13.7.